The molecule has 3 aromatic rings. The van der Waals surface area contributed by atoms with Crippen molar-refractivity contribution in [3.05, 3.63) is 64.7 Å². The predicted molar refractivity (Wildman–Crippen MR) is 112 cm³/mol. The number of benzene rings is 2. The summed E-state index contributed by atoms with van der Waals surface area (Å²) >= 11 is 1.17. The number of anilines is 1. The van der Waals surface area contributed by atoms with Crippen molar-refractivity contribution >= 4 is 28.6 Å². The highest BCUT2D eigenvalue weighted by Gasteiger charge is 2.07. The van der Waals surface area contributed by atoms with Crippen molar-refractivity contribution in [2.75, 3.05) is 18.9 Å². The number of nitrogens with one attached hydrogen (secondary N) is 1. The summed E-state index contributed by atoms with van der Waals surface area (Å²) in [5.74, 6) is 1.21. The van der Waals surface area contributed by atoms with Crippen LogP contribution in [-0.2, 0) is 11.2 Å². The minimum absolute atomic E-state index is 0.0797. The van der Waals surface area contributed by atoms with Crippen LogP contribution in [0.5, 0.6) is 11.5 Å². The Labute approximate surface area is 172 Å². The van der Waals surface area contributed by atoms with Gasteiger partial charge in [0.25, 0.3) is 0 Å². The highest BCUT2D eigenvalue weighted by molar-refractivity contribution is 7.15. The molecule has 0 spiro atoms. The largest absolute Gasteiger partial charge is 0.490 e. The number of rotatable bonds is 9. The molecule has 0 aliphatic heterocycles. The lowest BCUT2D eigenvalue weighted by molar-refractivity contribution is -0.120. The fourth-order valence-electron chi connectivity index (χ4n) is 2.33. The van der Waals surface area contributed by atoms with E-state index in [0.29, 0.717) is 29.1 Å². The maximum absolute atomic E-state index is 11.8. The average Bonchev–Trinajstić information content (AvgIpc) is 3.11. The normalized spacial score (nSPS) is 10.8. The number of carbonyl (C=O) groups excluding carboxylic acids is 1. The van der Waals surface area contributed by atoms with E-state index in [0.717, 1.165) is 11.3 Å². The van der Waals surface area contributed by atoms with Crippen molar-refractivity contribution < 1.29 is 14.3 Å². The Kier molecular flexibility index (Phi) is 7.12. The number of amides is 1. The topological polar surface area (TPSA) is 112 Å². The fourth-order valence-corrected chi connectivity index (χ4v) is 2.94. The van der Waals surface area contributed by atoms with Crippen molar-refractivity contribution in [3.8, 4) is 11.5 Å². The Morgan fingerprint density at radius 2 is 1.90 bits per heavy atom. The number of hydrogen-bond acceptors (Lipinski definition) is 8. The summed E-state index contributed by atoms with van der Waals surface area (Å²) in [5.41, 5.74) is 9.92. The maximum atomic E-state index is 11.8. The SMILES string of the molecule is Cc1ccc(OCCOc2cccc(/C=N/NC(=O)Cc3nnc(N)s3)c2)cc1. The first-order chi connectivity index (χ1) is 14.1. The summed E-state index contributed by atoms with van der Waals surface area (Å²) in [6.07, 6.45) is 1.62. The molecule has 1 aromatic heterocycles. The first-order valence-corrected chi connectivity index (χ1v) is 9.72. The molecule has 0 saturated heterocycles. The van der Waals surface area contributed by atoms with Gasteiger partial charge in [0, 0.05) is 0 Å². The Bertz CT molecular complexity index is 972. The summed E-state index contributed by atoms with van der Waals surface area (Å²) in [5, 5.41) is 12.3. The fraction of sp³-hybridized carbons (Fsp3) is 0.200. The van der Waals surface area contributed by atoms with Crippen LogP contribution in [0.3, 0.4) is 0 Å². The van der Waals surface area contributed by atoms with E-state index in [1.807, 2.05) is 55.5 Å². The van der Waals surface area contributed by atoms with Crippen molar-refractivity contribution in [3.63, 3.8) is 0 Å². The third-order valence-electron chi connectivity index (χ3n) is 3.70. The van der Waals surface area contributed by atoms with Crippen LogP contribution in [0.2, 0.25) is 0 Å². The van der Waals surface area contributed by atoms with Crippen LogP contribution in [0.1, 0.15) is 16.1 Å². The number of nitrogens with two attached hydrogens (primary N) is 1. The van der Waals surface area contributed by atoms with Crippen LogP contribution >= 0.6 is 11.3 Å². The zero-order valence-corrected chi connectivity index (χ0v) is 16.7. The van der Waals surface area contributed by atoms with Crippen LogP contribution in [0.25, 0.3) is 0 Å². The van der Waals surface area contributed by atoms with Crippen LogP contribution < -0.4 is 20.6 Å². The predicted octanol–water partition coefficient (Wildman–Crippen LogP) is 2.58. The van der Waals surface area contributed by atoms with Crippen molar-refractivity contribution in [1.82, 2.24) is 15.6 Å². The van der Waals surface area contributed by atoms with Crippen molar-refractivity contribution in [1.29, 1.82) is 0 Å². The second-order valence-electron chi connectivity index (χ2n) is 6.09. The second kappa shape index (κ2) is 10.2. The molecule has 0 saturated carbocycles. The molecule has 0 bridgehead atoms. The van der Waals surface area contributed by atoms with Crippen LogP contribution in [0.4, 0.5) is 5.13 Å². The van der Waals surface area contributed by atoms with Gasteiger partial charge in [0.1, 0.15) is 29.7 Å². The molecular weight excluding hydrogens is 390 g/mol. The molecule has 1 amide bonds. The van der Waals surface area contributed by atoms with E-state index in [1.165, 1.54) is 16.9 Å². The Balaban J connectivity index is 1.41. The number of nitrogen functional groups attached to an aromatic ring is 1. The molecule has 3 N–H and O–H groups in total. The number of hydrazone groups is 1. The van der Waals surface area contributed by atoms with Crippen molar-refractivity contribution in [2.24, 2.45) is 5.10 Å². The quantitative estimate of drug-likeness (QED) is 0.318. The standard InChI is InChI=1S/C20H21N5O3S/c1-14-5-7-16(8-6-14)27-9-10-28-17-4-2-3-15(11-17)13-22-23-18(26)12-19-24-25-20(21)29-19/h2-8,11,13H,9-10,12H2,1H3,(H2,21,25)(H,23,26)/b22-13+. The maximum Gasteiger partial charge on any atom is 0.247 e. The molecule has 0 atom stereocenters. The molecule has 1 heterocycles. The number of nitrogens with zero attached hydrogens (tertiary/aromatic N) is 3. The van der Waals surface area contributed by atoms with E-state index in [1.54, 1.807) is 6.21 Å². The zero-order chi connectivity index (χ0) is 20.5. The van der Waals surface area contributed by atoms with Gasteiger partial charge in [0.15, 0.2) is 0 Å². The molecule has 150 valence electrons. The Morgan fingerprint density at radius 1 is 1.14 bits per heavy atom. The number of ether oxygens (including phenoxy) is 2. The summed E-state index contributed by atoms with van der Waals surface area (Å²) in [7, 11) is 0. The number of carbonyl (C=O) groups is 1. The number of aryl methyl sites for hydroxylation is 1. The Morgan fingerprint density at radius 3 is 2.62 bits per heavy atom. The summed E-state index contributed by atoms with van der Waals surface area (Å²) in [6.45, 7) is 2.88. The minimum atomic E-state index is -0.293. The third-order valence-corrected chi connectivity index (χ3v) is 4.45. The third kappa shape index (κ3) is 6.89. The molecular formula is C20H21N5O3S. The highest BCUT2D eigenvalue weighted by Crippen LogP contribution is 2.14. The zero-order valence-electron chi connectivity index (χ0n) is 15.9. The minimum Gasteiger partial charge on any atom is -0.490 e. The van der Waals surface area contributed by atoms with Gasteiger partial charge in [-0.25, -0.2) is 5.43 Å². The molecule has 0 aliphatic carbocycles. The van der Waals surface area contributed by atoms with E-state index in [-0.39, 0.29) is 12.3 Å². The van der Waals surface area contributed by atoms with Crippen LogP contribution in [-0.4, -0.2) is 35.5 Å². The molecule has 0 fully saturated rings. The average molecular weight is 411 g/mol. The van der Waals surface area contributed by atoms with Gasteiger partial charge in [-0.05, 0) is 36.8 Å². The lowest BCUT2D eigenvalue weighted by atomic mass is 10.2. The molecule has 29 heavy (non-hydrogen) atoms. The summed E-state index contributed by atoms with van der Waals surface area (Å²) in [6, 6.07) is 15.2. The van der Waals surface area contributed by atoms with Gasteiger partial charge in [0.2, 0.25) is 11.0 Å². The molecule has 2 aromatic carbocycles. The molecule has 0 aliphatic rings. The molecule has 9 heteroatoms. The highest BCUT2D eigenvalue weighted by atomic mass is 32.1. The van der Waals surface area contributed by atoms with Gasteiger partial charge in [-0.3, -0.25) is 4.79 Å². The summed E-state index contributed by atoms with van der Waals surface area (Å²) in [4.78, 5) is 11.8. The lowest BCUT2D eigenvalue weighted by Crippen LogP contribution is -2.19. The van der Waals surface area contributed by atoms with E-state index < -0.39 is 0 Å². The number of hydrogen-bond donors (Lipinski definition) is 2. The smallest absolute Gasteiger partial charge is 0.247 e. The van der Waals surface area contributed by atoms with E-state index >= 15 is 0 Å². The molecule has 0 unspecified atom stereocenters. The van der Waals surface area contributed by atoms with Gasteiger partial charge >= 0.3 is 0 Å². The van der Waals surface area contributed by atoms with Gasteiger partial charge in [-0.1, -0.05) is 41.2 Å². The van der Waals surface area contributed by atoms with Gasteiger partial charge in [0.05, 0.1) is 12.6 Å². The van der Waals surface area contributed by atoms with Gasteiger partial charge in [-0.2, -0.15) is 5.10 Å². The Hall–Kier alpha value is -3.46. The lowest BCUT2D eigenvalue weighted by Gasteiger charge is -2.09. The van der Waals surface area contributed by atoms with Crippen molar-refractivity contribution in [2.45, 2.75) is 13.3 Å². The molecule has 8 nitrogen and oxygen atoms in total. The molecule has 0 radical (unpaired) electrons. The summed E-state index contributed by atoms with van der Waals surface area (Å²) < 4.78 is 11.3. The molecule has 3 rings (SSSR count). The number of aromatic nitrogens is 2. The monoisotopic (exact) mass is 411 g/mol. The van der Waals surface area contributed by atoms with Crippen LogP contribution in [0.15, 0.2) is 53.6 Å². The first kappa shape index (κ1) is 20.3. The van der Waals surface area contributed by atoms with Crippen LogP contribution in [0, 0.1) is 6.92 Å². The van der Waals surface area contributed by atoms with E-state index in [4.69, 9.17) is 15.2 Å². The van der Waals surface area contributed by atoms with Gasteiger partial charge in [-0.15, -0.1) is 10.2 Å². The van der Waals surface area contributed by atoms with Gasteiger partial charge < -0.3 is 15.2 Å². The first-order valence-electron chi connectivity index (χ1n) is 8.90. The van der Waals surface area contributed by atoms with E-state index in [2.05, 4.69) is 20.7 Å². The van der Waals surface area contributed by atoms with E-state index in [9.17, 15) is 4.79 Å². The second-order valence-corrected chi connectivity index (χ2v) is 7.18.